The molecule has 0 saturated carbocycles. The molecule has 0 aliphatic rings. The highest BCUT2D eigenvalue weighted by Gasteiger charge is 2.18. The second kappa shape index (κ2) is 8.14. The van der Waals surface area contributed by atoms with Crippen LogP contribution in [0.3, 0.4) is 0 Å². The molecule has 0 fully saturated rings. The van der Waals surface area contributed by atoms with Gasteiger partial charge in [-0.05, 0) is 32.0 Å². The fraction of sp³-hybridized carbons (Fsp3) is 0.278. The van der Waals surface area contributed by atoms with E-state index in [4.69, 9.17) is 9.15 Å². The molecule has 1 aromatic heterocycles. The molecule has 132 valence electrons. The van der Waals surface area contributed by atoms with Crippen molar-refractivity contribution in [2.45, 2.75) is 13.8 Å². The molecule has 0 radical (unpaired) electrons. The van der Waals surface area contributed by atoms with Gasteiger partial charge in [0.1, 0.15) is 11.3 Å². The van der Waals surface area contributed by atoms with Crippen LogP contribution in [0.4, 0.5) is 5.69 Å². The zero-order chi connectivity index (χ0) is 18.4. The third-order valence-corrected chi connectivity index (χ3v) is 3.55. The number of hydrogen-bond acceptors (Lipinski definition) is 5. The van der Waals surface area contributed by atoms with E-state index in [0.717, 1.165) is 5.56 Å². The first-order valence-corrected chi connectivity index (χ1v) is 7.68. The summed E-state index contributed by atoms with van der Waals surface area (Å²) in [5.41, 5.74) is 2.01. The van der Waals surface area contributed by atoms with Gasteiger partial charge in [0.15, 0.2) is 6.61 Å². The highest BCUT2D eigenvalue weighted by atomic mass is 16.5. The van der Waals surface area contributed by atoms with Crippen LogP contribution in [0.5, 0.6) is 0 Å². The van der Waals surface area contributed by atoms with Crippen molar-refractivity contribution in [3.8, 4) is 0 Å². The van der Waals surface area contributed by atoms with E-state index >= 15 is 0 Å². The van der Waals surface area contributed by atoms with Gasteiger partial charge in [-0.25, -0.2) is 4.79 Å². The average Bonchev–Trinajstić information content (AvgIpc) is 3.00. The second-order valence-electron chi connectivity index (χ2n) is 5.63. The summed E-state index contributed by atoms with van der Waals surface area (Å²) in [5.74, 6) is -1.04. The van der Waals surface area contributed by atoms with Crippen LogP contribution in [0.25, 0.3) is 0 Å². The lowest BCUT2D eigenvalue weighted by atomic mass is 10.2. The number of esters is 1. The minimum Gasteiger partial charge on any atom is -0.469 e. The molecule has 0 atom stereocenters. The summed E-state index contributed by atoms with van der Waals surface area (Å²) in [7, 11) is 1.47. The van der Waals surface area contributed by atoms with Crippen LogP contribution in [-0.2, 0) is 14.3 Å². The topological polar surface area (TPSA) is 88.9 Å². The molecule has 0 aliphatic carbocycles. The third-order valence-electron chi connectivity index (χ3n) is 3.55. The molecule has 1 aromatic carbocycles. The van der Waals surface area contributed by atoms with Gasteiger partial charge in [0.05, 0.1) is 12.8 Å². The number of likely N-dealkylation sites (N-methyl/N-ethyl adjacent to an activating group) is 1. The number of aryl methyl sites for hydroxylation is 2. The number of anilines is 1. The number of carbonyl (C=O) groups is 3. The average molecular weight is 344 g/mol. The molecular weight excluding hydrogens is 324 g/mol. The van der Waals surface area contributed by atoms with Crippen molar-refractivity contribution in [2.24, 2.45) is 0 Å². The zero-order valence-corrected chi connectivity index (χ0v) is 14.4. The molecule has 0 spiro atoms. The second-order valence-corrected chi connectivity index (χ2v) is 5.63. The minimum atomic E-state index is -0.642. The van der Waals surface area contributed by atoms with E-state index in [2.05, 4.69) is 5.32 Å². The van der Waals surface area contributed by atoms with E-state index in [0.29, 0.717) is 11.4 Å². The first-order valence-electron chi connectivity index (χ1n) is 7.68. The number of carbonyl (C=O) groups excluding carboxylic acids is 3. The SMILES string of the molecule is Cc1ccc(NC(=O)CN(C)C(=O)COC(=O)c2ccoc2C)cc1. The van der Waals surface area contributed by atoms with Gasteiger partial charge < -0.3 is 19.4 Å². The fourth-order valence-electron chi connectivity index (χ4n) is 2.05. The summed E-state index contributed by atoms with van der Waals surface area (Å²) in [6, 6.07) is 8.79. The van der Waals surface area contributed by atoms with Crippen molar-refractivity contribution in [2.75, 3.05) is 25.5 Å². The highest BCUT2D eigenvalue weighted by molar-refractivity contribution is 5.95. The molecule has 7 heteroatoms. The number of rotatable bonds is 6. The first-order chi connectivity index (χ1) is 11.9. The van der Waals surface area contributed by atoms with Crippen molar-refractivity contribution in [1.29, 1.82) is 0 Å². The van der Waals surface area contributed by atoms with Crippen LogP contribution in [-0.4, -0.2) is 42.9 Å². The lowest BCUT2D eigenvalue weighted by Gasteiger charge is -2.16. The molecule has 0 saturated heterocycles. The van der Waals surface area contributed by atoms with Crippen molar-refractivity contribution in [1.82, 2.24) is 4.90 Å². The molecule has 2 amide bonds. The lowest BCUT2D eigenvalue weighted by molar-refractivity contribution is -0.136. The van der Waals surface area contributed by atoms with Gasteiger partial charge in [0.2, 0.25) is 5.91 Å². The van der Waals surface area contributed by atoms with Gasteiger partial charge in [0, 0.05) is 12.7 Å². The van der Waals surface area contributed by atoms with E-state index in [-0.39, 0.29) is 18.0 Å². The predicted molar refractivity (Wildman–Crippen MR) is 91.2 cm³/mol. The Morgan fingerprint density at radius 1 is 1.12 bits per heavy atom. The maximum absolute atomic E-state index is 12.0. The summed E-state index contributed by atoms with van der Waals surface area (Å²) < 4.78 is 9.95. The highest BCUT2D eigenvalue weighted by Crippen LogP contribution is 2.10. The Bertz CT molecular complexity index is 764. The number of benzene rings is 1. The van der Waals surface area contributed by atoms with Crippen LogP contribution < -0.4 is 5.32 Å². The molecule has 25 heavy (non-hydrogen) atoms. The molecule has 1 N–H and O–H groups in total. The van der Waals surface area contributed by atoms with Gasteiger partial charge >= 0.3 is 5.97 Å². The molecule has 1 heterocycles. The van der Waals surface area contributed by atoms with Gasteiger partial charge in [-0.2, -0.15) is 0 Å². The predicted octanol–water partition coefficient (Wildman–Crippen LogP) is 2.15. The van der Waals surface area contributed by atoms with Crippen molar-refractivity contribution in [3.63, 3.8) is 0 Å². The number of furan rings is 1. The molecule has 0 aliphatic heterocycles. The Morgan fingerprint density at radius 3 is 2.40 bits per heavy atom. The summed E-state index contributed by atoms with van der Waals surface area (Å²) in [4.78, 5) is 36.9. The van der Waals surface area contributed by atoms with E-state index < -0.39 is 18.5 Å². The standard InChI is InChI=1S/C18H20N2O5/c1-12-4-6-14(7-5-12)19-16(21)10-20(3)17(22)11-25-18(23)15-8-9-24-13(15)2/h4-9H,10-11H2,1-3H3,(H,19,21). The Hall–Kier alpha value is -3.09. The summed E-state index contributed by atoms with van der Waals surface area (Å²) >= 11 is 0. The van der Waals surface area contributed by atoms with Gasteiger partial charge in [-0.3, -0.25) is 9.59 Å². The Morgan fingerprint density at radius 2 is 1.80 bits per heavy atom. The largest absolute Gasteiger partial charge is 0.469 e. The summed E-state index contributed by atoms with van der Waals surface area (Å²) in [5, 5.41) is 2.70. The summed E-state index contributed by atoms with van der Waals surface area (Å²) in [6.45, 7) is 2.98. The maximum Gasteiger partial charge on any atom is 0.342 e. The maximum atomic E-state index is 12.0. The fourth-order valence-corrected chi connectivity index (χ4v) is 2.05. The minimum absolute atomic E-state index is 0.144. The lowest BCUT2D eigenvalue weighted by Crippen LogP contribution is -2.37. The van der Waals surface area contributed by atoms with Crippen molar-refractivity contribution < 1.29 is 23.5 Å². The number of ether oxygens (including phenoxy) is 1. The molecule has 2 rings (SSSR count). The molecular formula is C18H20N2O5. The molecule has 0 bridgehead atoms. The molecule has 7 nitrogen and oxygen atoms in total. The monoisotopic (exact) mass is 344 g/mol. The Labute approximate surface area is 145 Å². The third kappa shape index (κ3) is 5.20. The Kier molecular flexibility index (Phi) is 5.94. The molecule has 2 aromatic rings. The van der Waals surface area contributed by atoms with Gasteiger partial charge in [0.25, 0.3) is 5.91 Å². The summed E-state index contributed by atoms with van der Waals surface area (Å²) in [6.07, 6.45) is 1.37. The number of amides is 2. The van der Waals surface area contributed by atoms with Crippen LogP contribution in [0.15, 0.2) is 41.0 Å². The molecule has 0 unspecified atom stereocenters. The number of nitrogens with zero attached hydrogens (tertiary/aromatic N) is 1. The zero-order valence-electron chi connectivity index (χ0n) is 14.4. The quantitative estimate of drug-likeness (QED) is 0.811. The van der Waals surface area contributed by atoms with E-state index in [9.17, 15) is 14.4 Å². The van der Waals surface area contributed by atoms with E-state index in [1.807, 2.05) is 19.1 Å². The van der Waals surface area contributed by atoms with E-state index in [1.165, 1.54) is 24.3 Å². The normalized spacial score (nSPS) is 10.2. The number of hydrogen-bond donors (Lipinski definition) is 1. The number of nitrogens with one attached hydrogen (secondary N) is 1. The van der Waals surface area contributed by atoms with Gasteiger partial charge in [-0.15, -0.1) is 0 Å². The van der Waals surface area contributed by atoms with Crippen LogP contribution in [0.2, 0.25) is 0 Å². The first kappa shape index (κ1) is 18.3. The van der Waals surface area contributed by atoms with Crippen LogP contribution in [0.1, 0.15) is 21.7 Å². The van der Waals surface area contributed by atoms with Crippen molar-refractivity contribution >= 4 is 23.5 Å². The smallest absolute Gasteiger partial charge is 0.342 e. The van der Waals surface area contributed by atoms with Crippen LogP contribution in [0, 0.1) is 13.8 Å². The van der Waals surface area contributed by atoms with Gasteiger partial charge in [-0.1, -0.05) is 17.7 Å². The Balaban J connectivity index is 1.79. The van der Waals surface area contributed by atoms with Crippen LogP contribution >= 0.6 is 0 Å². The van der Waals surface area contributed by atoms with E-state index in [1.54, 1.807) is 19.1 Å². The van der Waals surface area contributed by atoms with Crippen molar-refractivity contribution in [3.05, 3.63) is 53.5 Å².